The molecule has 214 valence electrons. The number of carbonyl (C=O) groups excluding carboxylic acids is 2. The summed E-state index contributed by atoms with van der Waals surface area (Å²) in [6, 6.07) is 14.5. The highest BCUT2D eigenvalue weighted by atomic mass is 79.9. The number of anilines is 1. The average Bonchev–Trinajstić information content (AvgIpc) is 2.95. The lowest BCUT2D eigenvalue weighted by Gasteiger charge is -2.13. The van der Waals surface area contributed by atoms with Crippen molar-refractivity contribution in [1.29, 1.82) is 5.26 Å². The van der Waals surface area contributed by atoms with E-state index in [1.807, 2.05) is 38.1 Å². The Kier molecular flexibility index (Phi) is 11.6. The first-order chi connectivity index (χ1) is 19.7. The number of hydrogen-bond acceptors (Lipinski definition) is 9. The number of nitrogens with one attached hydrogen (secondary N) is 2. The molecule has 3 aromatic rings. The van der Waals surface area contributed by atoms with Crippen LogP contribution >= 0.6 is 15.9 Å². The van der Waals surface area contributed by atoms with E-state index >= 15 is 0 Å². The number of aromatic nitrogens is 1. The van der Waals surface area contributed by atoms with E-state index in [-0.39, 0.29) is 30.6 Å². The zero-order chi connectivity index (χ0) is 29.8. The summed E-state index contributed by atoms with van der Waals surface area (Å²) in [4.78, 5) is 28.9. The summed E-state index contributed by atoms with van der Waals surface area (Å²) in [5.74, 6) is -0.0211. The minimum atomic E-state index is -0.551. The van der Waals surface area contributed by atoms with Gasteiger partial charge in [0.25, 0.3) is 11.8 Å². The van der Waals surface area contributed by atoms with E-state index in [1.54, 1.807) is 25.1 Å². The minimum absolute atomic E-state index is 0.0314. The van der Waals surface area contributed by atoms with Crippen LogP contribution in [-0.2, 0) is 20.9 Å². The molecule has 0 radical (unpaired) electrons. The Hall–Kier alpha value is -4.47. The summed E-state index contributed by atoms with van der Waals surface area (Å²) in [5, 5.41) is 16.3. The summed E-state index contributed by atoms with van der Waals surface area (Å²) in [6.45, 7) is 5.48. The van der Waals surface area contributed by atoms with Crippen molar-refractivity contribution in [3.05, 3.63) is 74.9 Å². The highest BCUT2D eigenvalue weighted by molar-refractivity contribution is 9.10. The van der Waals surface area contributed by atoms with E-state index in [0.717, 1.165) is 5.56 Å². The Bertz CT molecular complexity index is 1450. The smallest absolute Gasteiger partial charge is 0.278 e. The predicted octanol–water partition coefficient (Wildman–Crippen LogP) is 4.42. The third-order valence-corrected chi connectivity index (χ3v) is 6.52. The number of rotatable bonds is 13. The van der Waals surface area contributed by atoms with Gasteiger partial charge in [-0.15, -0.1) is 0 Å². The number of hydrogen-bond donors (Lipinski definition) is 2. The molecular formula is C29H30BrN5O6. The largest absolute Gasteiger partial charge is 0.490 e. The second-order valence-corrected chi connectivity index (χ2v) is 9.43. The third kappa shape index (κ3) is 9.02. The van der Waals surface area contributed by atoms with E-state index in [4.69, 9.17) is 18.9 Å². The molecule has 1 aromatic heterocycles. The molecule has 1 heterocycles. The van der Waals surface area contributed by atoms with Gasteiger partial charge in [-0.25, -0.2) is 10.4 Å². The Labute approximate surface area is 246 Å². The molecule has 12 heteroatoms. The lowest BCUT2D eigenvalue weighted by atomic mass is 10.1. The van der Waals surface area contributed by atoms with Crippen molar-refractivity contribution < 1.29 is 28.5 Å². The molecule has 41 heavy (non-hydrogen) atoms. The molecule has 0 aliphatic rings. The zero-order valence-electron chi connectivity index (χ0n) is 23.1. The van der Waals surface area contributed by atoms with Gasteiger partial charge < -0.3 is 24.3 Å². The number of nitriles is 1. The number of amides is 2. The first-order valence-electron chi connectivity index (χ1n) is 12.5. The highest BCUT2D eigenvalue weighted by Crippen LogP contribution is 2.30. The Morgan fingerprint density at radius 2 is 1.78 bits per heavy atom. The van der Waals surface area contributed by atoms with Crippen LogP contribution in [-0.4, -0.2) is 49.9 Å². The van der Waals surface area contributed by atoms with Gasteiger partial charge in [-0.3, -0.25) is 9.59 Å². The van der Waals surface area contributed by atoms with Crippen LogP contribution in [0.1, 0.15) is 34.9 Å². The topological polar surface area (TPSA) is 144 Å². The van der Waals surface area contributed by atoms with Crippen molar-refractivity contribution in [2.75, 3.05) is 32.2 Å². The van der Waals surface area contributed by atoms with Crippen LogP contribution in [0, 0.1) is 25.2 Å². The molecule has 2 N–H and O–H groups in total. The molecular weight excluding hydrogens is 594 g/mol. The van der Waals surface area contributed by atoms with Gasteiger partial charge in [0.1, 0.15) is 11.6 Å². The summed E-state index contributed by atoms with van der Waals surface area (Å²) in [5.41, 5.74) is 6.12. The second kappa shape index (κ2) is 15.4. The van der Waals surface area contributed by atoms with Gasteiger partial charge in [0.15, 0.2) is 24.7 Å². The maximum Gasteiger partial charge on any atom is 0.278 e. The van der Waals surface area contributed by atoms with Gasteiger partial charge in [0.05, 0.1) is 25.1 Å². The number of aryl methyl sites for hydroxylation is 2. The van der Waals surface area contributed by atoms with Crippen molar-refractivity contribution in [2.45, 2.75) is 27.4 Å². The number of halogens is 1. The first-order valence-corrected chi connectivity index (χ1v) is 13.3. The number of methoxy groups -OCH3 is 1. The fraction of sp³-hybridized carbons (Fsp3) is 0.276. The van der Waals surface area contributed by atoms with Crippen molar-refractivity contribution in [3.8, 4) is 23.4 Å². The normalized spacial score (nSPS) is 10.6. The number of pyridine rings is 1. The highest BCUT2D eigenvalue weighted by Gasteiger charge is 2.18. The standard InChI is InChI=1S/C29H30BrN5O6/c1-5-39-25-12-20(8-11-24(25)40-16-26(36)34-21-9-6-18(2)7-10-21)14-32-35-27(37)17-41-29-22(13-31)23(15-38-4)28(30)19(3)33-29/h6-12,14H,5,15-17H2,1-4H3,(H,34,36)(H,35,37)/b32-14+. The molecule has 0 fully saturated rings. The minimum Gasteiger partial charge on any atom is -0.490 e. The molecule has 0 aliphatic carbocycles. The van der Waals surface area contributed by atoms with Crippen LogP contribution in [0.4, 0.5) is 5.69 Å². The molecule has 2 aromatic carbocycles. The van der Waals surface area contributed by atoms with Gasteiger partial charge >= 0.3 is 0 Å². The molecule has 11 nitrogen and oxygen atoms in total. The lowest BCUT2D eigenvalue weighted by Crippen LogP contribution is -2.25. The van der Waals surface area contributed by atoms with Crippen LogP contribution < -0.4 is 25.0 Å². The fourth-order valence-corrected chi connectivity index (χ4v) is 3.93. The van der Waals surface area contributed by atoms with Gasteiger partial charge in [-0.05, 0) is 72.6 Å². The van der Waals surface area contributed by atoms with E-state index < -0.39 is 12.5 Å². The lowest BCUT2D eigenvalue weighted by molar-refractivity contribution is -0.123. The maximum absolute atomic E-state index is 12.3. The van der Waals surface area contributed by atoms with E-state index in [1.165, 1.54) is 13.3 Å². The van der Waals surface area contributed by atoms with Crippen LogP contribution in [0.5, 0.6) is 17.4 Å². The number of nitrogens with zero attached hydrogens (tertiary/aromatic N) is 3. The average molecular weight is 624 g/mol. The van der Waals surface area contributed by atoms with Gasteiger partial charge in [0.2, 0.25) is 5.88 Å². The van der Waals surface area contributed by atoms with E-state index in [2.05, 4.69) is 42.8 Å². The Balaban J connectivity index is 1.57. The molecule has 0 spiro atoms. The number of ether oxygens (including phenoxy) is 4. The quantitative estimate of drug-likeness (QED) is 0.210. The number of benzene rings is 2. The van der Waals surface area contributed by atoms with Gasteiger partial charge in [-0.2, -0.15) is 10.4 Å². The number of hydrazone groups is 1. The maximum atomic E-state index is 12.3. The molecule has 3 rings (SSSR count). The number of carbonyl (C=O) groups is 2. The van der Waals surface area contributed by atoms with Crippen molar-refractivity contribution >= 4 is 39.6 Å². The predicted molar refractivity (Wildman–Crippen MR) is 156 cm³/mol. The molecule has 2 amide bonds. The molecule has 0 unspecified atom stereocenters. The molecule has 0 atom stereocenters. The monoisotopic (exact) mass is 623 g/mol. The third-order valence-electron chi connectivity index (χ3n) is 5.47. The molecule has 0 saturated heterocycles. The molecule has 0 aliphatic heterocycles. The van der Waals surface area contributed by atoms with Crippen molar-refractivity contribution in [3.63, 3.8) is 0 Å². The summed E-state index contributed by atoms with van der Waals surface area (Å²) in [7, 11) is 1.51. The summed E-state index contributed by atoms with van der Waals surface area (Å²) >= 11 is 3.41. The van der Waals surface area contributed by atoms with Gasteiger partial charge in [0, 0.05) is 22.8 Å². The van der Waals surface area contributed by atoms with Crippen molar-refractivity contribution in [2.24, 2.45) is 5.10 Å². The van der Waals surface area contributed by atoms with Crippen LogP contribution in [0.3, 0.4) is 0 Å². The fourth-order valence-electron chi connectivity index (χ4n) is 3.53. The van der Waals surface area contributed by atoms with Crippen LogP contribution in [0.25, 0.3) is 0 Å². The summed E-state index contributed by atoms with van der Waals surface area (Å²) < 4.78 is 22.6. The zero-order valence-corrected chi connectivity index (χ0v) is 24.7. The van der Waals surface area contributed by atoms with Crippen molar-refractivity contribution in [1.82, 2.24) is 10.4 Å². The molecule has 0 saturated carbocycles. The first kappa shape index (κ1) is 31.1. The van der Waals surface area contributed by atoms with Crippen LogP contribution in [0.15, 0.2) is 52.0 Å². The Morgan fingerprint density at radius 1 is 1.05 bits per heavy atom. The SMILES string of the molecule is CCOc1cc(/C=N/NC(=O)COc2nc(C)c(Br)c(COC)c2C#N)ccc1OCC(=O)Nc1ccc(C)cc1. The van der Waals surface area contributed by atoms with E-state index in [0.29, 0.717) is 45.1 Å². The summed E-state index contributed by atoms with van der Waals surface area (Å²) in [6.07, 6.45) is 1.42. The second-order valence-electron chi connectivity index (χ2n) is 8.64. The van der Waals surface area contributed by atoms with Crippen LogP contribution in [0.2, 0.25) is 0 Å². The van der Waals surface area contributed by atoms with Gasteiger partial charge in [-0.1, -0.05) is 17.7 Å². The van der Waals surface area contributed by atoms with E-state index in [9.17, 15) is 14.9 Å². The molecule has 0 bridgehead atoms. The Morgan fingerprint density at radius 3 is 2.46 bits per heavy atom.